The maximum atomic E-state index is 6.48. The third-order valence-electron chi connectivity index (χ3n) is 12.0. The minimum Gasteiger partial charge on any atom is -0.456 e. The van der Waals surface area contributed by atoms with Crippen LogP contribution in [0.2, 0.25) is 0 Å². The largest absolute Gasteiger partial charge is 0.456 e. The van der Waals surface area contributed by atoms with Gasteiger partial charge in [-0.05, 0) is 107 Å². The number of furan rings is 2. The zero-order chi connectivity index (χ0) is 41.0. The first kappa shape index (κ1) is 35.6. The molecular formula is C58H38N2O2. The molecule has 4 heteroatoms. The van der Waals surface area contributed by atoms with Crippen LogP contribution in [0.5, 0.6) is 0 Å². The van der Waals surface area contributed by atoms with Gasteiger partial charge in [0, 0.05) is 33.3 Å². The molecule has 0 atom stereocenters. The Morgan fingerprint density at radius 2 is 0.629 bits per heavy atom. The van der Waals surface area contributed by atoms with E-state index in [1.54, 1.807) is 0 Å². The van der Waals surface area contributed by atoms with E-state index < -0.39 is 0 Å². The molecule has 0 amide bonds. The quantitative estimate of drug-likeness (QED) is 0.153. The smallest absolute Gasteiger partial charge is 0.137 e. The van der Waals surface area contributed by atoms with Crippen molar-refractivity contribution in [2.24, 2.45) is 0 Å². The molecule has 0 saturated heterocycles. The maximum absolute atomic E-state index is 6.48. The Kier molecular flexibility index (Phi) is 8.46. The van der Waals surface area contributed by atoms with E-state index in [2.05, 4.69) is 216 Å². The predicted molar refractivity (Wildman–Crippen MR) is 259 cm³/mol. The average molecular weight is 795 g/mol. The van der Waals surface area contributed by atoms with Crippen LogP contribution >= 0.6 is 0 Å². The molecule has 0 spiro atoms. The molecule has 12 aromatic rings. The molecular weight excluding hydrogens is 757 g/mol. The molecule has 4 nitrogen and oxygen atoms in total. The number of hydrogen-bond acceptors (Lipinski definition) is 4. The van der Waals surface area contributed by atoms with Crippen molar-refractivity contribution in [1.29, 1.82) is 0 Å². The second-order valence-corrected chi connectivity index (χ2v) is 15.7. The molecule has 0 fully saturated rings. The fourth-order valence-electron chi connectivity index (χ4n) is 9.25. The van der Waals surface area contributed by atoms with E-state index in [1.807, 2.05) is 24.3 Å². The highest BCUT2D eigenvalue weighted by atomic mass is 16.3. The van der Waals surface area contributed by atoms with Gasteiger partial charge in [-0.25, -0.2) is 0 Å². The van der Waals surface area contributed by atoms with Crippen LogP contribution in [0.25, 0.3) is 76.9 Å². The molecule has 0 aliphatic rings. The summed E-state index contributed by atoms with van der Waals surface area (Å²) in [4.78, 5) is 4.81. The second kappa shape index (κ2) is 14.7. The lowest BCUT2D eigenvalue weighted by atomic mass is 9.93. The second-order valence-electron chi connectivity index (χ2n) is 15.7. The first-order valence-electron chi connectivity index (χ1n) is 21.0. The standard InChI is InChI=1S/C58H38N2O2/c1-5-19-39(20-6-1)47-35-41-38-52(60(44-25-11-4-12-26-44)50-30-18-34-56-58(50)46-28-14-16-32-54(46)62-56)48(40-21-7-2-8-22-40)36-42(41)37-51(47)59(43-23-9-3-10-24-43)49-29-17-33-55-57(49)45-27-13-15-31-53(45)61-55/h1-38H. The van der Waals surface area contributed by atoms with Gasteiger partial charge in [0.1, 0.15) is 22.3 Å². The summed E-state index contributed by atoms with van der Waals surface area (Å²) in [6.07, 6.45) is 0. The number of anilines is 6. The van der Waals surface area contributed by atoms with Gasteiger partial charge in [-0.3, -0.25) is 0 Å². The van der Waals surface area contributed by atoms with Gasteiger partial charge in [-0.1, -0.05) is 146 Å². The van der Waals surface area contributed by atoms with Crippen molar-refractivity contribution in [3.05, 3.63) is 231 Å². The summed E-state index contributed by atoms with van der Waals surface area (Å²) < 4.78 is 13.0. The Labute approximate surface area is 358 Å². The van der Waals surface area contributed by atoms with Crippen molar-refractivity contribution in [1.82, 2.24) is 0 Å². The monoisotopic (exact) mass is 794 g/mol. The van der Waals surface area contributed by atoms with Crippen LogP contribution in [0.15, 0.2) is 239 Å². The average Bonchev–Trinajstić information content (AvgIpc) is 3.92. The number of fused-ring (bicyclic) bond motifs is 7. The molecule has 292 valence electrons. The number of benzene rings is 10. The molecule has 0 N–H and O–H groups in total. The summed E-state index contributed by atoms with van der Waals surface area (Å²) in [5.74, 6) is 0. The van der Waals surface area contributed by atoms with Crippen molar-refractivity contribution in [3.8, 4) is 22.3 Å². The van der Waals surface area contributed by atoms with Gasteiger partial charge >= 0.3 is 0 Å². The molecule has 62 heavy (non-hydrogen) atoms. The normalized spacial score (nSPS) is 11.5. The van der Waals surface area contributed by atoms with E-state index in [1.165, 1.54) is 0 Å². The summed E-state index contributed by atoms with van der Waals surface area (Å²) in [6.45, 7) is 0. The first-order chi connectivity index (χ1) is 30.8. The fraction of sp³-hybridized carbons (Fsp3) is 0. The lowest BCUT2D eigenvalue weighted by Gasteiger charge is -2.31. The van der Waals surface area contributed by atoms with Gasteiger partial charge < -0.3 is 18.6 Å². The van der Waals surface area contributed by atoms with Crippen molar-refractivity contribution in [2.45, 2.75) is 0 Å². The molecule has 0 unspecified atom stereocenters. The first-order valence-corrected chi connectivity index (χ1v) is 21.0. The molecule has 2 heterocycles. The molecule has 0 radical (unpaired) electrons. The summed E-state index contributed by atoms with van der Waals surface area (Å²) >= 11 is 0. The van der Waals surface area contributed by atoms with Gasteiger partial charge in [0.15, 0.2) is 0 Å². The SMILES string of the molecule is c1ccc(-c2cc3cc(N(c4ccccc4)c4cccc5oc6ccccc6c45)c(-c4ccccc4)cc3cc2N(c2ccccc2)c2cccc3oc4ccccc4c23)cc1. The highest BCUT2D eigenvalue weighted by molar-refractivity contribution is 6.16. The third kappa shape index (κ3) is 5.92. The van der Waals surface area contributed by atoms with Crippen LogP contribution in [0.1, 0.15) is 0 Å². The molecule has 2 aromatic heterocycles. The summed E-state index contributed by atoms with van der Waals surface area (Å²) in [6, 6.07) is 81.8. The van der Waals surface area contributed by atoms with Crippen molar-refractivity contribution in [2.75, 3.05) is 9.80 Å². The van der Waals surface area contributed by atoms with Crippen LogP contribution in [0.3, 0.4) is 0 Å². The topological polar surface area (TPSA) is 32.8 Å². The van der Waals surface area contributed by atoms with E-state index >= 15 is 0 Å². The molecule has 0 aliphatic heterocycles. The third-order valence-corrected chi connectivity index (χ3v) is 12.0. The highest BCUT2D eigenvalue weighted by Crippen LogP contribution is 2.50. The molecule has 10 aromatic carbocycles. The maximum Gasteiger partial charge on any atom is 0.137 e. The predicted octanol–water partition coefficient (Wildman–Crippen LogP) is 16.9. The van der Waals surface area contributed by atoms with Crippen LogP contribution in [-0.2, 0) is 0 Å². The van der Waals surface area contributed by atoms with Gasteiger partial charge in [0.25, 0.3) is 0 Å². The lowest BCUT2D eigenvalue weighted by molar-refractivity contribution is 0.668. The van der Waals surface area contributed by atoms with Crippen molar-refractivity contribution >= 4 is 88.8 Å². The summed E-state index contributed by atoms with van der Waals surface area (Å²) in [5, 5.41) is 6.55. The van der Waals surface area contributed by atoms with Gasteiger partial charge in [0.05, 0.1) is 33.5 Å². The lowest BCUT2D eigenvalue weighted by Crippen LogP contribution is -2.13. The summed E-state index contributed by atoms with van der Waals surface area (Å²) in [5.41, 5.74) is 14.2. The number of nitrogens with zero attached hydrogens (tertiary/aromatic N) is 2. The Balaban J connectivity index is 1.18. The Hall–Kier alpha value is -8.34. The van der Waals surface area contributed by atoms with Crippen LogP contribution in [0, 0.1) is 0 Å². The number of para-hydroxylation sites is 4. The van der Waals surface area contributed by atoms with Gasteiger partial charge in [-0.2, -0.15) is 0 Å². The van der Waals surface area contributed by atoms with Crippen LogP contribution in [-0.4, -0.2) is 0 Å². The van der Waals surface area contributed by atoms with E-state index in [0.717, 1.165) is 111 Å². The molecule has 0 aliphatic carbocycles. The van der Waals surface area contributed by atoms with Crippen molar-refractivity contribution < 1.29 is 8.83 Å². The molecule has 0 saturated carbocycles. The fourth-order valence-corrected chi connectivity index (χ4v) is 9.25. The minimum atomic E-state index is 0.851. The van der Waals surface area contributed by atoms with E-state index in [0.29, 0.717) is 0 Å². The number of hydrogen-bond donors (Lipinski definition) is 0. The minimum absolute atomic E-state index is 0.851. The molecule has 0 bridgehead atoms. The Morgan fingerprint density at radius 3 is 1.05 bits per heavy atom. The van der Waals surface area contributed by atoms with Gasteiger partial charge in [0.2, 0.25) is 0 Å². The zero-order valence-corrected chi connectivity index (χ0v) is 33.7. The Bertz CT molecular complexity index is 3340. The number of rotatable bonds is 8. The van der Waals surface area contributed by atoms with Crippen molar-refractivity contribution in [3.63, 3.8) is 0 Å². The Morgan fingerprint density at radius 1 is 0.274 bits per heavy atom. The van der Waals surface area contributed by atoms with E-state index in [4.69, 9.17) is 8.83 Å². The van der Waals surface area contributed by atoms with E-state index in [9.17, 15) is 0 Å². The van der Waals surface area contributed by atoms with E-state index in [-0.39, 0.29) is 0 Å². The molecule has 12 rings (SSSR count). The zero-order valence-electron chi connectivity index (χ0n) is 33.7. The highest BCUT2D eigenvalue weighted by Gasteiger charge is 2.26. The van der Waals surface area contributed by atoms with Gasteiger partial charge in [-0.15, -0.1) is 0 Å². The van der Waals surface area contributed by atoms with Crippen LogP contribution in [0.4, 0.5) is 34.1 Å². The van der Waals surface area contributed by atoms with Crippen LogP contribution < -0.4 is 9.80 Å². The summed E-state index contributed by atoms with van der Waals surface area (Å²) in [7, 11) is 0.